The fourth-order valence-corrected chi connectivity index (χ4v) is 11.5. The summed E-state index contributed by atoms with van der Waals surface area (Å²) in [6, 6.07) is 5.79. The SMILES string of the molecule is C/C=C(\C)C(=O)O[C@]1(C)CC=C2CSS[C@@H]3C=C[C@@H]4CN(C(=O)CC5=C(C=C(N)NC5)[C@@H]2[C@]12Cc1cc5cc(CCCO)c(=O)oc5cc1O2)[C@@H]43. The highest BCUT2D eigenvalue weighted by atomic mass is 33.1. The summed E-state index contributed by atoms with van der Waals surface area (Å²) in [7, 11) is 3.59. The Morgan fingerprint density at radius 2 is 2.10 bits per heavy atom. The molecule has 1 fully saturated rings. The highest BCUT2D eigenvalue weighted by Crippen LogP contribution is 2.58. The van der Waals surface area contributed by atoms with Crippen LogP contribution in [0.1, 0.15) is 51.2 Å². The number of esters is 1. The van der Waals surface area contributed by atoms with Crippen LogP contribution >= 0.6 is 21.6 Å². The van der Waals surface area contributed by atoms with Gasteiger partial charge in [0.1, 0.15) is 11.3 Å². The highest BCUT2D eigenvalue weighted by molar-refractivity contribution is 8.77. The van der Waals surface area contributed by atoms with Gasteiger partial charge in [0, 0.05) is 66.8 Å². The minimum absolute atomic E-state index is 0.0234. The van der Waals surface area contributed by atoms with Crippen molar-refractivity contribution in [1.82, 2.24) is 10.2 Å². The number of allylic oxidation sites excluding steroid dienone is 2. The van der Waals surface area contributed by atoms with Crippen LogP contribution in [0, 0.1) is 11.8 Å². The number of hydrogen-bond donors (Lipinski definition) is 3. The Balaban J connectivity index is 1.29. The Labute approximate surface area is 304 Å². The van der Waals surface area contributed by atoms with E-state index in [1.54, 1.807) is 29.9 Å². The lowest BCUT2D eigenvalue weighted by atomic mass is 9.61. The first kappa shape index (κ1) is 34.2. The zero-order chi connectivity index (χ0) is 35.7. The number of aliphatic hydroxyl groups excluding tert-OH is 1. The van der Waals surface area contributed by atoms with E-state index in [9.17, 15) is 19.5 Å². The second-order valence-corrected chi connectivity index (χ2v) is 17.2. The van der Waals surface area contributed by atoms with Crippen LogP contribution in [0.25, 0.3) is 11.0 Å². The summed E-state index contributed by atoms with van der Waals surface area (Å²) in [6.07, 6.45) is 12.3. The molecule has 10 nitrogen and oxygen atoms in total. The predicted molar refractivity (Wildman–Crippen MR) is 199 cm³/mol. The van der Waals surface area contributed by atoms with Crippen LogP contribution in [0.4, 0.5) is 0 Å². The molecular formula is C39H43N3O7S2. The van der Waals surface area contributed by atoms with Gasteiger partial charge >= 0.3 is 11.6 Å². The van der Waals surface area contributed by atoms with Crippen LogP contribution < -0.4 is 21.4 Å². The predicted octanol–water partition coefficient (Wildman–Crippen LogP) is 4.86. The smallest absolute Gasteiger partial charge is 0.339 e. The molecule has 1 amide bonds. The molecule has 2 aliphatic carbocycles. The van der Waals surface area contributed by atoms with Crippen molar-refractivity contribution in [3.8, 4) is 5.75 Å². The Morgan fingerprint density at radius 1 is 1.25 bits per heavy atom. The van der Waals surface area contributed by atoms with Gasteiger partial charge in [0.05, 0.1) is 29.5 Å². The number of hydrogen-bond acceptors (Lipinski definition) is 11. The first-order chi connectivity index (χ1) is 24.5. The van der Waals surface area contributed by atoms with Gasteiger partial charge in [-0.25, -0.2) is 9.59 Å². The molecule has 2 aromatic rings. The zero-order valence-corrected chi connectivity index (χ0v) is 30.7. The van der Waals surface area contributed by atoms with Crippen LogP contribution in [0.2, 0.25) is 0 Å². The molecule has 5 heterocycles. The number of aliphatic hydroxyl groups is 1. The molecule has 268 valence electrons. The summed E-state index contributed by atoms with van der Waals surface area (Å²) in [5.74, 6) is 1.42. The van der Waals surface area contributed by atoms with Gasteiger partial charge in [-0.15, -0.1) is 0 Å². The number of nitrogens with two attached hydrogens (primary N) is 1. The average Bonchev–Trinajstić information content (AvgIpc) is 3.61. The summed E-state index contributed by atoms with van der Waals surface area (Å²) in [5.41, 5.74) is 9.09. The number of carbonyl (C=O) groups is 2. The lowest BCUT2D eigenvalue weighted by molar-refractivity contribution is -0.186. The van der Waals surface area contributed by atoms with Crippen LogP contribution in [0.5, 0.6) is 5.75 Å². The van der Waals surface area contributed by atoms with E-state index in [4.69, 9.17) is 19.6 Å². The van der Waals surface area contributed by atoms with E-state index in [1.807, 2.05) is 47.8 Å². The molecule has 1 saturated heterocycles. The van der Waals surface area contributed by atoms with Gasteiger partial charge in [0.25, 0.3) is 0 Å². The van der Waals surface area contributed by atoms with E-state index in [0.717, 1.165) is 34.2 Å². The van der Waals surface area contributed by atoms with Crippen molar-refractivity contribution in [2.75, 3.05) is 25.4 Å². The third kappa shape index (κ3) is 5.65. The molecule has 0 radical (unpaired) electrons. The van der Waals surface area contributed by atoms with Gasteiger partial charge in [-0.3, -0.25) is 4.79 Å². The van der Waals surface area contributed by atoms with E-state index in [-0.39, 0.29) is 30.2 Å². The Hall–Kier alpha value is -3.87. The van der Waals surface area contributed by atoms with Crippen molar-refractivity contribution in [3.05, 3.63) is 98.2 Å². The van der Waals surface area contributed by atoms with Gasteiger partial charge in [-0.2, -0.15) is 0 Å². The van der Waals surface area contributed by atoms with Crippen molar-refractivity contribution in [2.45, 2.75) is 75.4 Å². The lowest BCUT2D eigenvalue weighted by Gasteiger charge is -2.53. The summed E-state index contributed by atoms with van der Waals surface area (Å²) in [6.45, 7) is 6.63. The number of fused-ring (bicyclic) bond motifs is 5. The van der Waals surface area contributed by atoms with Gasteiger partial charge < -0.3 is 34.9 Å². The highest BCUT2D eigenvalue weighted by Gasteiger charge is 2.64. The fraction of sp³-hybridized carbons (Fsp3) is 0.462. The van der Waals surface area contributed by atoms with Crippen molar-refractivity contribution in [2.24, 2.45) is 17.6 Å². The fourth-order valence-electron chi connectivity index (χ4n) is 8.65. The quantitative estimate of drug-likeness (QED) is 0.128. The van der Waals surface area contributed by atoms with Crippen LogP contribution in [0.3, 0.4) is 0 Å². The maximum atomic E-state index is 14.0. The molecule has 6 aliphatic rings. The third-order valence-corrected chi connectivity index (χ3v) is 14.3. The molecule has 51 heavy (non-hydrogen) atoms. The Bertz CT molecular complexity index is 2050. The molecule has 0 unspecified atom stereocenters. The number of aryl methyl sites for hydroxylation is 1. The number of benzene rings is 1. The number of nitrogens with one attached hydrogen (secondary N) is 1. The molecule has 4 aliphatic heterocycles. The van der Waals surface area contributed by atoms with Crippen LogP contribution in [-0.4, -0.2) is 69.8 Å². The first-order valence-electron chi connectivity index (χ1n) is 17.7. The number of nitrogens with zero attached hydrogens (tertiary/aromatic N) is 1. The Kier molecular flexibility index (Phi) is 8.70. The third-order valence-electron chi connectivity index (χ3n) is 11.6. The zero-order valence-electron chi connectivity index (χ0n) is 29.0. The molecule has 8 rings (SSSR count). The maximum absolute atomic E-state index is 14.0. The van der Waals surface area contributed by atoms with Crippen molar-refractivity contribution in [3.63, 3.8) is 0 Å². The second kappa shape index (κ2) is 13.0. The van der Waals surface area contributed by atoms with Crippen LogP contribution in [0.15, 0.2) is 85.9 Å². The molecule has 4 N–H and O–H groups in total. The number of carbonyl (C=O) groups excluding carboxylic acids is 2. The van der Waals surface area contributed by atoms with E-state index in [1.165, 1.54) is 0 Å². The number of dihydropyridines is 1. The maximum Gasteiger partial charge on any atom is 0.339 e. The van der Waals surface area contributed by atoms with Crippen molar-refractivity contribution < 1.29 is 28.6 Å². The van der Waals surface area contributed by atoms with E-state index < -0.39 is 28.7 Å². The number of ether oxygens (including phenoxy) is 2. The summed E-state index contributed by atoms with van der Waals surface area (Å²) < 4.78 is 19.6. The van der Waals surface area contributed by atoms with Crippen molar-refractivity contribution in [1.29, 1.82) is 0 Å². The van der Waals surface area contributed by atoms with Gasteiger partial charge in [-0.05, 0) is 68.5 Å². The molecule has 12 heteroatoms. The van der Waals surface area contributed by atoms with Crippen molar-refractivity contribution >= 4 is 44.4 Å². The molecular weight excluding hydrogens is 687 g/mol. The average molecular weight is 730 g/mol. The van der Waals surface area contributed by atoms with E-state index in [0.29, 0.717) is 72.2 Å². The molecule has 1 aromatic heterocycles. The molecule has 0 saturated carbocycles. The molecule has 6 atom stereocenters. The van der Waals surface area contributed by atoms with Gasteiger partial charge in [0.15, 0.2) is 11.2 Å². The van der Waals surface area contributed by atoms with Gasteiger partial charge in [-0.1, -0.05) is 51.5 Å². The monoisotopic (exact) mass is 729 g/mol. The number of amides is 1. The number of rotatable bonds is 5. The summed E-state index contributed by atoms with van der Waals surface area (Å²) in [5, 5.41) is 13.6. The molecule has 1 aromatic carbocycles. The van der Waals surface area contributed by atoms with E-state index >= 15 is 0 Å². The van der Waals surface area contributed by atoms with Gasteiger partial charge in [0.2, 0.25) is 5.91 Å². The minimum atomic E-state index is -1.14. The standard InChI is InChI=1S/C39H43N3O7S2/c1-4-21(2)36(45)49-38(3)10-9-24-20-50-51-31-8-7-23-19-42(35(23)31)33(44)14-27-18-41-32(40)15-28(27)34(24)39(38)17-26-13-25-12-22(6-5-11-43)37(46)47-29(25)16-30(26)48-39/h4,7-9,12-13,15-16,23,31,34-35,41,43H,5-6,10-11,14,17-20,40H2,1-3H3/b21-4+/t23-,31-,34-,35+,38-,39-/m1/s1. The Morgan fingerprint density at radius 3 is 2.90 bits per heavy atom. The molecule has 0 bridgehead atoms. The minimum Gasteiger partial charge on any atom is -0.481 e. The van der Waals surface area contributed by atoms with Crippen LogP contribution in [-0.2, 0) is 27.2 Å². The van der Waals surface area contributed by atoms with E-state index in [2.05, 4.69) is 23.5 Å². The lowest BCUT2D eigenvalue weighted by Crippen LogP contribution is -2.65. The molecule has 1 spiro atoms. The second-order valence-electron chi connectivity index (χ2n) is 14.7. The topological polar surface area (TPSA) is 144 Å². The normalized spacial score (nSPS) is 31.3. The largest absolute Gasteiger partial charge is 0.481 e. The summed E-state index contributed by atoms with van der Waals surface area (Å²) >= 11 is 0. The summed E-state index contributed by atoms with van der Waals surface area (Å²) in [4.78, 5) is 42.6. The first-order valence-corrected chi connectivity index (χ1v) is 20.1.